The second-order valence-corrected chi connectivity index (χ2v) is 23.9. The number of rotatable bonds is 12. The van der Waals surface area contributed by atoms with E-state index in [2.05, 4.69) is 70.1 Å². The molecule has 0 spiro atoms. The molecule has 3 aromatic carbocycles. The molecular weight excluding hydrogens is 1250 g/mol. The molecule has 3 aliphatic carbocycles. The van der Waals surface area contributed by atoms with E-state index < -0.39 is 17.5 Å². The third kappa shape index (κ3) is 15.1. The zero-order chi connectivity index (χ0) is 65.2. The molecule has 3 aliphatic rings. The van der Waals surface area contributed by atoms with E-state index in [1.807, 2.05) is 93.4 Å². The van der Waals surface area contributed by atoms with E-state index in [1.54, 1.807) is 72.6 Å². The van der Waals surface area contributed by atoms with E-state index in [4.69, 9.17) is 36.8 Å². The first-order valence-electron chi connectivity index (χ1n) is 29.9. The van der Waals surface area contributed by atoms with Crippen LogP contribution in [0.15, 0.2) is 147 Å². The number of hydrogen-bond donors (Lipinski definition) is 4. The third-order valence-corrected chi connectivity index (χ3v) is 16.6. The van der Waals surface area contributed by atoms with Gasteiger partial charge in [-0.2, -0.15) is 24.3 Å². The van der Waals surface area contributed by atoms with Crippen LogP contribution in [-0.4, -0.2) is 138 Å². The molecule has 96 heavy (non-hydrogen) atoms. The number of nitrogens with two attached hydrogens (primary N) is 1. The third-order valence-electron chi connectivity index (χ3n) is 16.3. The number of hydrogen-bond acceptors (Lipinski definition) is 18. The number of methoxy groups -OCH3 is 2. The first-order chi connectivity index (χ1) is 44.8. The summed E-state index contributed by atoms with van der Waals surface area (Å²) in [5.74, 6) is 2.45. The highest BCUT2D eigenvalue weighted by molar-refractivity contribution is 6.30. The zero-order valence-corrected chi connectivity index (χ0v) is 53.1. The monoisotopic (exact) mass is 1320 g/mol. The minimum absolute atomic E-state index is 0. The number of anilines is 5. The summed E-state index contributed by atoms with van der Waals surface area (Å²) in [6.07, 6.45) is 19.0. The number of aromatic nitrogens is 12. The first kappa shape index (κ1) is 69.7. The van der Waals surface area contributed by atoms with E-state index in [1.165, 1.54) is 62.9 Å². The Morgan fingerprint density at radius 3 is 1.23 bits per heavy atom. The number of phenolic OH excluding ortho intramolecular Hbond substituents is 1. The van der Waals surface area contributed by atoms with Gasteiger partial charge in [0.05, 0.1) is 68.5 Å². The van der Waals surface area contributed by atoms with Crippen molar-refractivity contribution in [2.24, 2.45) is 5.73 Å². The maximum absolute atomic E-state index is 13.8. The van der Waals surface area contributed by atoms with E-state index in [0.29, 0.717) is 61.9 Å². The molecule has 0 unspecified atom stereocenters. The van der Waals surface area contributed by atoms with Crippen molar-refractivity contribution >= 4 is 57.2 Å². The Morgan fingerprint density at radius 1 is 0.458 bits per heavy atom. The zero-order valence-electron chi connectivity index (χ0n) is 52.4. The predicted molar refractivity (Wildman–Crippen MR) is 376 cm³/mol. The molecule has 9 heterocycles. The fraction of sp³-hybridized carbons (Fsp3) is 0.282. The van der Waals surface area contributed by atoms with Gasteiger partial charge < -0.3 is 45.6 Å². The van der Waals surface area contributed by atoms with E-state index in [0.717, 1.165) is 90.5 Å². The number of aromatic hydroxyl groups is 1. The number of ether oxygens (including phenoxy) is 2. The maximum Gasteiger partial charge on any atom is 0.181 e. The van der Waals surface area contributed by atoms with Gasteiger partial charge in [0.1, 0.15) is 68.6 Å². The van der Waals surface area contributed by atoms with E-state index >= 15 is 0 Å². The highest BCUT2D eigenvalue weighted by atomic mass is 35.5. The topological polar surface area (TPSA) is 228 Å². The fourth-order valence-electron chi connectivity index (χ4n) is 11.8. The van der Waals surface area contributed by atoms with Gasteiger partial charge in [-0.3, -0.25) is 15.0 Å². The van der Waals surface area contributed by atoms with E-state index in [-0.39, 0.29) is 40.1 Å². The predicted octanol–water partition coefficient (Wildman–Crippen LogP) is 12.5. The summed E-state index contributed by atoms with van der Waals surface area (Å²) in [5, 5.41) is 30.6. The van der Waals surface area contributed by atoms with Gasteiger partial charge in [0.25, 0.3) is 0 Å². The van der Waals surface area contributed by atoms with Crippen molar-refractivity contribution in [3.8, 4) is 51.0 Å². The van der Waals surface area contributed by atoms with Gasteiger partial charge in [0.15, 0.2) is 16.9 Å². The second-order valence-electron chi connectivity index (χ2n) is 23.6. The normalized spacial score (nSPS) is 14.6. The number of fused-ring (bicyclic) bond motifs is 6. The van der Waals surface area contributed by atoms with Crippen LogP contribution in [0.5, 0.6) is 17.2 Å². The minimum Gasteiger partial charge on any atom is -0.508 e. The Labute approximate surface area is 561 Å². The summed E-state index contributed by atoms with van der Waals surface area (Å²) in [6.45, 7) is 0. The second kappa shape index (κ2) is 29.8. The van der Waals surface area contributed by atoms with Crippen LogP contribution < -0.4 is 40.5 Å². The molecule has 21 nitrogen and oxygen atoms in total. The van der Waals surface area contributed by atoms with Gasteiger partial charge in [0, 0.05) is 114 Å². The molecule has 0 aliphatic heterocycles. The van der Waals surface area contributed by atoms with Gasteiger partial charge in [-0.25, -0.2) is 32.6 Å². The van der Waals surface area contributed by atoms with Crippen LogP contribution in [-0.2, 0) is 38.5 Å². The lowest BCUT2D eigenvalue weighted by atomic mass is 10.1. The molecule has 0 saturated carbocycles. The standard InChI is InChI=1S/C23H23FN6O.C22H21FN6O.C13H11ClFN5.C10H13NO.3CH4/c1-29(2)21-13-26-30-22(10-20(28-23(21)30)16-6-17(24)12-25-11-16)27-18-7-14-4-5-19(31-3)9-15(14)8-18;1-28(2)20-12-25-29-21(26-17-6-13-3-4-18(30)8-14(13)7-17)9-19(27-22(20)29)15-5-16(23)11-24-10-15;1-19(2)11-7-17-20-12(14)4-10(18-13(11)20)8-3-9(15)6-16-5-8;1-12-10-3-2-7-4-9(11)5-8(7)6-10;;;/h4-6,9-13,18,27H,7-8H2,1-3H3;3-5,8-12,17,26,30H,6-7H2,1-2H3;3-7H,1-2H3;2-3,6,9H,4-5,11H2,1H3;3*1H4/t18-;17-;;9-;;;/m00.0.../s1. The molecule has 12 aromatic rings. The van der Waals surface area contributed by atoms with Crippen LogP contribution in [0.4, 0.5) is 41.9 Å². The molecule has 0 bridgehead atoms. The highest BCUT2D eigenvalue weighted by Gasteiger charge is 2.27. The summed E-state index contributed by atoms with van der Waals surface area (Å²) in [4.78, 5) is 31.6. The van der Waals surface area contributed by atoms with Crippen LogP contribution in [0.25, 0.3) is 50.7 Å². The largest absolute Gasteiger partial charge is 0.508 e. The molecule has 0 saturated heterocycles. The van der Waals surface area contributed by atoms with Crippen LogP contribution in [0, 0.1) is 17.5 Å². The molecule has 15 rings (SSSR count). The number of benzene rings is 3. The van der Waals surface area contributed by atoms with Crippen LogP contribution >= 0.6 is 11.6 Å². The van der Waals surface area contributed by atoms with Gasteiger partial charge in [0.2, 0.25) is 0 Å². The van der Waals surface area contributed by atoms with Crippen molar-refractivity contribution in [1.82, 2.24) is 58.7 Å². The lowest BCUT2D eigenvalue weighted by Crippen LogP contribution is -2.21. The average molecular weight is 1330 g/mol. The van der Waals surface area contributed by atoms with Crippen molar-refractivity contribution in [1.29, 1.82) is 0 Å². The molecule has 3 atom stereocenters. The molecular formula is C71H80ClF3N18O3. The van der Waals surface area contributed by atoms with Gasteiger partial charge in [-0.1, -0.05) is 52.1 Å². The maximum atomic E-state index is 13.8. The summed E-state index contributed by atoms with van der Waals surface area (Å²) in [7, 11) is 14.9. The SMILES string of the molecule is C.C.C.CN(C)c1cnn2c(Cl)cc(-c3cncc(F)c3)nc12.CN(C)c1cnn2c(N[C@H]3Cc4ccc(O)cc4C3)cc(-c3cncc(F)c3)nc12.COc1ccc2c(c1)C[C@@H](N)C2.COc1ccc2c(c1)C[C@@H](Nc1cc(-c3cncc(F)c3)nc3c(N(C)C)cnn13)C2. The number of halogens is 4. The van der Waals surface area contributed by atoms with Gasteiger partial charge >= 0.3 is 0 Å². The van der Waals surface area contributed by atoms with Crippen molar-refractivity contribution in [3.63, 3.8) is 0 Å². The molecule has 5 N–H and O–H groups in total. The van der Waals surface area contributed by atoms with Crippen molar-refractivity contribution < 1.29 is 27.8 Å². The van der Waals surface area contributed by atoms with Crippen LogP contribution in [0.3, 0.4) is 0 Å². The highest BCUT2D eigenvalue weighted by Crippen LogP contribution is 2.35. The summed E-state index contributed by atoms with van der Waals surface area (Å²) in [5.41, 5.74) is 21.7. The van der Waals surface area contributed by atoms with Crippen molar-refractivity contribution in [2.75, 3.05) is 81.8 Å². The summed E-state index contributed by atoms with van der Waals surface area (Å²) < 4.78 is 56.5. The number of pyridine rings is 3. The molecule has 500 valence electrons. The lowest BCUT2D eigenvalue weighted by molar-refractivity contribution is 0.414. The first-order valence-corrected chi connectivity index (χ1v) is 30.3. The summed E-state index contributed by atoms with van der Waals surface area (Å²) in [6, 6.07) is 28.2. The Kier molecular flexibility index (Phi) is 21.6. The Hall–Kier alpha value is -10.6. The fourth-order valence-corrected chi connectivity index (χ4v) is 12.0. The molecule has 25 heteroatoms. The number of nitrogens with one attached hydrogen (secondary N) is 2. The van der Waals surface area contributed by atoms with Crippen molar-refractivity contribution in [3.05, 3.63) is 203 Å². The average Bonchev–Trinajstić information content (AvgIpc) is 1.75. The Bertz CT molecular complexity index is 4710. The Morgan fingerprint density at radius 2 is 0.812 bits per heavy atom. The van der Waals surface area contributed by atoms with Crippen LogP contribution in [0.1, 0.15) is 55.7 Å². The van der Waals surface area contributed by atoms with Gasteiger partial charge in [-0.15, -0.1) is 0 Å². The number of nitrogens with zero attached hydrogens (tertiary/aromatic N) is 15. The lowest BCUT2D eigenvalue weighted by Gasteiger charge is -2.17. The smallest absolute Gasteiger partial charge is 0.181 e. The van der Waals surface area contributed by atoms with Gasteiger partial charge in [-0.05, 0) is 127 Å². The van der Waals surface area contributed by atoms with Crippen LogP contribution in [0.2, 0.25) is 5.15 Å². The molecule has 9 aromatic heterocycles. The molecule has 0 radical (unpaired) electrons. The quantitative estimate of drug-likeness (QED) is 0.0834. The summed E-state index contributed by atoms with van der Waals surface area (Å²) >= 11 is 6.20. The number of phenols is 1. The minimum atomic E-state index is -0.415. The molecule has 0 fully saturated rings. The van der Waals surface area contributed by atoms with E-state index in [9.17, 15) is 18.3 Å². The van der Waals surface area contributed by atoms with Crippen molar-refractivity contribution in [2.45, 2.75) is 78.9 Å². The molecule has 0 amide bonds. The Balaban J connectivity index is 0.000000156.